The number of aliphatic hydroxyl groups excluding tert-OH is 2. The zero-order valence-electron chi connectivity index (χ0n) is 4.37. The Kier molecular flexibility index (Phi) is 3.07. The summed E-state index contributed by atoms with van der Waals surface area (Å²) in [6.07, 6.45) is -0.140. The molecule has 0 saturated carbocycles. The predicted molar refractivity (Wildman–Crippen MR) is 28.3 cm³/mol. The second-order valence-corrected chi connectivity index (χ2v) is 1.30. The fourth-order valence-corrected chi connectivity index (χ4v) is 0.225. The zero-order chi connectivity index (χ0) is 6.57. The van der Waals surface area contributed by atoms with Gasteiger partial charge in [0.25, 0.3) is 0 Å². The van der Waals surface area contributed by atoms with Crippen molar-refractivity contribution in [3.8, 4) is 0 Å². The van der Waals surface area contributed by atoms with E-state index in [1.807, 2.05) is 0 Å². The van der Waals surface area contributed by atoms with Crippen molar-refractivity contribution in [1.29, 1.82) is 0 Å². The van der Waals surface area contributed by atoms with Crippen LogP contribution in [0.25, 0.3) is 0 Å². The zero-order valence-corrected chi connectivity index (χ0v) is 4.37. The van der Waals surface area contributed by atoms with E-state index in [-0.39, 0.29) is 0 Å². The van der Waals surface area contributed by atoms with Crippen LogP contribution >= 0.6 is 0 Å². The van der Waals surface area contributed by atoms with Crippen LogP contribution in [0.5, 0.6) is 0 Å². The van der Waals surface area contributed by atoms with Gasteiger partial charge < -0.3 is 10.2 Å². The summed E-state index contributed by atoms with van der Waals surface area (Å²) in [6, 6.07) is 0. The van der Waals surface area contributed by atoms with E-state index in [9.17, 15) is 4.79 Å². The van der Waals surface area contributed by atoms with Gasteiger partial charge in [-0.3, -0.25) is 4.79 Å². The molecule has 2 N–H and O–H groups in total. The maximum atomic E-state index is 10.2. The van der Waals surface area contributed by atoms with Gasteiger partial charge >= 0.3 is 0 Å². The Morgan fingerprint density at radius 1 is 1.88 bits per heavy atom. The molecule has 0 aromatic carbocycles. The summed E-state index contributed by atoms with van der Waals surface area (Å²) in [5, 5.41) is 16.6. The first-order valence-electron chi connectivity index (χ1n) is 2.16. The number of hydrogen-bond acceptors (Lipinski definition) is 3. The van der Waals surface area contributed by atoms with Crippen LogP contribution in [0, 0.1) is 0 Å². The van der Waals surface area contributed by atoms with Crippen molar-refractivity contribution in [3.05, 3.63) is 12.7 Å². The third-order valence-electron chi connectivity index (χ3n) is 0.709. The fraction of sp³-hybridized carbons (Fsp3) is 0.400. The lowest BCUT2D eigenvalue weighted by Gasteiger charge is -1.97. The Balaban J connectivity index is 3.62. The van der Waals surface area contributed by atoms with E-state index >= 15 is 0 Å². The second-order valence-electron chi connectivity index (χ2n) is 1.30. The van der Waals surface area contributed by atoms with Crippen LogP contribution in [0.4, 0.5) is 0 Å². The van der Waals surface area contributed by atoms with Crippen molar-refractivity contribution in [2.45, 2.75) is 6.10 Å². The van der Waals surface area contributed by atoms with Crippen molar-refractivity contribution < 1.29 is 15.0 Å². The van der Waals surface area contributed by atoms with E-state index in [1.54, 1.807) is 0 Å². The van der Waals surface area contributed by atoms with Crippen LogP contribution < -0.4 is 0 Å². The van der Waals surface area contributed by atoms with Crippen molar-refractivity contribution in [3.63, 3.8) is 0 Å². The molecule has 0 spiro atoms. The SMILES string of the molecule is C=CC(O)C(=O)CO. The molecule has 0 aromatic heterocycles. The molecular weight excluding hydrogens is 108 g/mol. The predicted octanol–water partition coefficient (Wildman–Crippen LogP) is -0.905. The van der Waals surface area contributed by atoms with Gasteiger partial charge in [0.2, 0.25) is 0 Å². The highest BCUT2D eigenvalue weighted by Gasteiger charge is 2.06. The lowest BCUT2D eigenvalue weighted by Crippen LogP contribution is -2.20. The Morgan fingerprint density at radius 2 is 2.38 bits per heavy atom. The van der Waals surface area contributed by atoms with Gasteiger partial charge in [-0.15, -0.1) is 6.58 Å². The quantitative estimate of drug-likeness (QED) is 0.469. The topological polar surface area (TPSA) is 57.5 Å². The van der Waals surface area contributed by atoms with E-state index in [1.165, 1.54) is 0 Å². The molecule has 0 aromatic rings. The van der Waals surface area contributed by atoms with Crippen molar-refractivity contribution in [1.82, 2.24) is 0 Å². The molecule has 0 fully saturated rings. The second kappa shape index (κ2) is 3.35. The molecule has 0 aliphatic rings. The molecular formula is C5H8O3. The van der Waals surface area contributed by atoms with Gasteiger partial charge in [0.15, 0.2) is 5.78 Å². The Labute approximate surface area is 47.3 Å². The lowest BCUT2D eigenvalue weighted by atomic mass is 10.2. The van der Waals surface area contributed by atoms with E-state index in [0.717, 1.165) is 6.08 Å². The number of hydrogen-bond donors (Lipinski definition) is 2. The van der Waals surface area contributed by atoms with Crippen LogP contribution in [0.1, 0.15) is 0 Å². The molecule has 0 rings (SSSR count). The van der Waals surface area contributed by atoms with Gasteiger partial charge in [0.05, 0.1) is 0 Å². The number of carbonyl (C=O) groups is 1. The molecule has 0 amide bonds. The third-order valence-corrected chi connectivity index (χ3v) is 0.709. The summed E-state index contributed by atoms with van der Waals surface area (Å²) in [6.45, 7) is 2.52. The largest absolute Gasteiger partial charge is 0.388 e. The molecule has 1 unspecified atom stereocenters. The third kappa shape index (κ3) is 1.86. The number of aliphatic hydroxyl groups is 2. The van der Waals surface area contributed by atoms with Crippen LogP contribution in [0.3, 0.4) is 0 Å². The maximum Gasteiger partial charge on any atom is 0.190 e. The highest BCUT2D eigenvalue weighted by atomic mass is 16.3. The summed E-state index contributed by atoms with van der Waals surface area (Å²) >= 11 is 0. The van der Waals surface area contributed by atoms with E-state index in [4.69, 9.17) is 10.2 Å². The molecule has 0 heterocycles. The molecule has 46 valence electrons. The summed E-state index contributed by atoms with van der Waals surface area (Å²) < 4.78 is 0. The monoisotopic (exact) mass is 116 g/mol. The number of ketones is 1. The van der Waals surface area contributed by atoms with Crippen LogP contribution in [-0.2, 0) is 4.79 Å². The van der Waals surface area contributed by atoms with Gasteiger partial charge in [-0.2, -0.15) is 0 Å². The normalized spacial score (nSPS) is 12.8. The average molecular weight is 116 g/mol. The maximum absolute atomic E-state index is 10.2. The van der Waals surface area contributed by atoms with Gasteiger partial charge in [-0.05, 0) is 0 Å². The summed E-state index contributed by atoms with van der Waals surface area (Å²) in [4.78, 5) is 10.2. The molecule has 0 radical (unpaired) electrons. The average Bonchev–Trinajstić information content (AvgIpc) is 1.84. The van der Waals surface area contributed by atoms with Crippen molar-refractivity contribution in [2.24, 2.45) is 0 Å². The molecule has 3 nitrogen and oxygen atoms in total. The molecule has 8 heavy (non-hydrogen) atoms. The highest BCUT2D eigenvalue weighted by molar-refractivity contribution is 5.85. The summed E-state index contributed by atoms with van der Waals surface area (Å²) in [5.74, 6) is -0.625. The summed E-state index contributed by atoms with van der Waals surface area (Å²) in [7, 11) is 0. The first-order valence-corrected chi connectivity index (χ1v) is 2.16. The lowest BCUT2D eigenvalue weighted by molar-refractivity contribution is -0.127. The first kappa shape index (κ1) is 7.33. The summed E-state index contributed by atoms with van der Waals surface area (Å²) in [5.41, 5.74) is 0. The first-order chi connectivity index (χ1) is 3.72. The molecule has 0 aliphatic carbocycles. The van der Waals surface area contributed by atoms with E-state index in [2.05, 4.69) is 6.58 Å². The Hall–Kier alpha value is -0.670. The molecule has 1 atom stereocenters. The smallest absolute Gasteiger partial charge is 0.190 e. The fourth-order valence-electron chi connectivity index (χ4n) is 0.225. The Bertz CT molecular complexity index is 97.8. The van der Waals surface area contributed by atoms with E-state index < -0.39 is 18.5 Å². The van der Waals surface area contributed by atoms with E-state index in [0.29, 0.717) is 0 Å². The molecule has 0 aliphatic heterocycles. The minimum atomic E-state index is -1.21. The Morgan fingerprint density at radius 3 is 2.50 bits per heavy atom. The molecule has 0 saturated heterocycles. The number of carbonyl (C=O) groups excluding carboxylic acids is 1. The van der Waals surface area contributed by atoms with Gasteiger partial charge in [-0.25, -0.2) is 0 Å². The minimum absolute atomic E-state index is 0.625. The van der Waals surface area contributed by atoms with Crippen molar-refractivity contribution in [2.75, 3.05) is 6.61 Å². The van der Waals surface area contributed by atoms with Gasteiger partial charge in [-0.1, -0.05) is 6.08 Å². The van der Waals surface area contributed by atoms with Crippen LogP contribution in [0.2, 0.25) is 0 Å². The standard InChI is InChI=1S/C5H8O3/c1-2-4(7)5(8)3-6/h2,4,6-7H,1,3H2. The molecule has 3 heteroatoms. The highest BCUT2D eigenvalue weighted by Crippen LogP contribution is 1.83. The number of Topliss-reactive ketones (excluding diaryl/α,β-unsaturated/α-hetero) is 1. The van der Waals surface area contributed by atoms with Crippen LogP contribution in [0.15, 0.2) is 12.7 Å². The van der Waals surface area contributed by atoms with Gasteiger partial charge in [0.1, 0.15) is 12.7 Å². The minimum Gasteiger partial charge on any atom is -0.388 e. The number of rotatable bonds is 3. The molecule has 0 bridgehead atoms. The van der Waals surface area contributed by atoms with Crippen LogP contribution in [-0.4, -0.2) is 28.7 Å². The van der Waals surface area contributed by atoms with Gasteiger partial charge in [0, 0.05) is 0 Å². The van der Waals surface area contributed by atoms with Crippen molar-refractivity contribution >= 4 is 5.78 Å².